The van der Waals surface area contributed by atoms with Gasteiger partial charge in [0.1, 0.15) is 0 Å². The number of rotatable bonds is 4. The SMILES string of the molecule is c1ccc(-n2c3ccccc3c3ccc(N(c4ccc5sc6ccccc6c5c4)c4c5ccccc5cc5sc6ccccc6c45)cc32)cc1. The number of thiophene rings is 2. The zero-order valence-electron chi connectivity index (χ0n) is 26.9. The molecule has 8 aromatic carbocycles. The third kappa shape index (κ3) is 4.07. The molecule has 0 bridgehead atoms. The molecule has 0 unspecified atom stereocenters. The van der Waals surface area contributed by atoms with Crippen LogP contribution in [0.25, 0.3) is 78.6 Å². The summed E-state index contributed by atoms with van der Waals surface area (Å²) >= 11 is 3.75. The summed E-state index contributed by atoms with van der Waals surface area (Å²) < 4.78 is 7.64. The maximum atomic E-state index is 2.53. The van der Waals surface area contributed by atoms with Crippen LogP contribution in [0.5, 0.6) is 0 Å². The van der Waals surface area contributed by atoms with Crippen molar-refractivity contribution < 1.29 is 0 Å². The molecule has 11 rings (SSSR count). The molecule has 0 aliphatic carbocycles. The van der Waals surface area contributed by atoms with Gasteiger partial charge in [0.2, 0.25) is 0 Å². The molecule has 50 heavy (non-hydrogen) atoms. The molecule has 0 saturated carbocycles. The van der Waals surface area contributed by atoms with Crippen LogP contribution in [0.1, 0.15) is 0 Å². The van der Waals surface area contributed by atoms with Gasteiger partial charge in [0.15, 0.2) is 0 Å². The minimum absolute atomic E-state index is 1.13. The van der Waals surface area contributed by atoms with Gasteiger partial charge in [-0.15, -0.1) is 22.7 Å². The molecule has 3 aromatic heterocycles. The lowest BCUT2D eigenvalue weighted by Crippen LogP contribution is -2.11. The quantitative estimate of drug-likeness (QED) is 0.181. The van der Waals surface area contributed by atoms with E-state index in [1.54, 1.807) is 0 Å². The number of nitrogens with zero attached hydrogens (tertiary/aromatic N) is 2. The number of hydrogen-bond donors (Lipinski definition) is 0. The molecule has 0 aliphatic rings. The number of hydrogen-bond acceptors (Lipinski definition) is 3. The van der Waals surface area contributed by atoms with E-state index in [1.807, 2.05) is 22.7 Å². The van der Waals surface area contributed by atoms with Crippen molar-refractivity contribution in [1.29, 1.82) is 0 Å². The van der Waals surface area contributed by atoms with Gasteiger partial charge in [-0.2, -0.15) is 0 Å². The molecule has 0 fully saturated rings. The summed E-state index contributed by atoms with van der Waals surface area (Å²) in [6.07, 6.45) is 0. The number of benzene rings is 8. The monoisotopic (exact) mass is 672 g/mol. The molecule has 0 atom stereocenters. The highest BCUT2D eigenvalue weighted by atomic mass is 32.1. The number of anilines is 3. The van der Waals surface area contributed by atoms with Crippen molar-refractivity contribution in [3.05, 3.63) is 170 Å². The van der Waals surface area contributed by atoms with Crippen LogP contribution in [0, 0.1) is 0 Å². The Morgan fingerprint density at radius 2 is 0.980 bits per heavy atom. The summed E-state index contributed by atoms with van der Waals surface area (Å²) in [5.41, 5.74) is 7.05. The second-order valence-corrected chi connectivity index (χ2v) is 15.1. The van der Waals surface area contributed by atoms with Crippen LogP contribution < -0.4 is 4.90 Å². The summed E-state index contributed by atoms with van der Waals surface area (Å²) in [5.74, 6) is 0. The fraction of sp³-hybridized carbons (Fsp3) is 0. The average Bonchev–Trinajstić information content (AvgIpc) is 3.84. The molecule has 0 radical (unpaired) electrons. The van der Waals surface area contributed by atoms with Gasteiger partial charge in [-0.3, -0.25) is 0 Å². The number of fused-ring (bicyclic) bond motifs is 10. The number of aromatic nitrogens is 1. The third-order valence-corrected chi connectivity index (χ3v) is 12.4. The summed E-state index contributed by atoms with van der Waals surface area (Å²) in [7, 11) is 0. The van der Waals surface area contributed by atoms with Crippen molar-refractivity contribution in [2.24, 2.45) is 0 Å². The Kier molecular flexibility index (Phi) is 6.03. The molecule has 0 amide bonds. The third-order valence-electron chi connectivity index (χ3n) is 10.1. The molecule has 2 nitrogen and oxygen atoms in total. The Balaban J connectivity index is 1.29. The van der Waals surface area contributed by atoms with E-state index in [4.69, 9.17) is 0 Å². The first-order valence-corrected chi connectivity index (χ1v) is 18.6. The highest BCUT2D eigenvalue weighted by Gasteiger charge is 2.24. The predicted octanol–water partition coefficient (Wildman–Crippen LogP) is 14.1. The highest BCUT2D eigenvalue weighted by Crippen LogP contribution is 2.50. The van der Waals surface area contributed by atoms with Gasteiger partial charge in [0.05, 0.1) is 16.7 Å². The molecule has 234 valence electrons. The fourth-order valence-electron chi connectivity index (χ4n) is 7.97. The molecule has 0 saturated heterocycles. The van der Waals surface area contributed by atoms with Gasteiger partial charge in [-0.25, -0.2) is 0 Å². The zero-order chi connectivity index (χ0) is 32.8. The smallest absolute Gasteiger partial charge is 0.0633 e. The highest BCUT2D eigenvalue weighted by molar-refractivity contribution is 7.26. The Hall–Kier alpha value is -5.94. The molecular weight excluding hydrogens is 645 g/mol. The van der Waals surface area contributed by atoms with E-state index in [9.17, 15) is 0 Å². The molecule has 11 aromatic rings. The van der Waals surface area contributed by atoms with Crippen LogP contribution in [-0.4, -0.2) is 4.57 Å². The minimum atomic E-state index is 1.13. The molecule has 3 heterocycles. The van der Waals surface area contributed by atoms with E-state index >= 15 is 0 Å². The van der Waals surface area contributed by atoms with E-state index in [1.165, 1.54) is 78.6 Å². The summed E-state index contributed by atoms with van der Waals surface area (Å²) in [5, 5.41) is 10.2. The maximum absolute atomic E-state index is 2.53. The largest absolute Gasteiger partial charge is 0.309 e. The Bertz CT molecular complexity index is 3110. The Morgan fingerprint density at radius 3 is 1.84 bits per heavy atom. The van der Waals surface area contributed by atoms with Gasteiger partial charge >= 0.3 is 0 Å². The first-order valence-electron chi connectivity index (χ1n) is 16.9. The van der Waals surface area contributed by atoms with Crippen molar-refractivity contribution in [3.8, 4) is 5.69 Å². The predicted molar refractivity (Wildman–Crippen MR) is 219 cm³/mol. The van der Waals surface area contributed by atoms with Crippen molar-refractivity contribution >= 4 is 113 Å². The average molecular weight is 673 g/mol. The van der Waals surface area contributed by atoms with Crippen molar-refractivity contribution in [1.82, 2.24) is 4.57 Å². The normalized spacial score (nSPS) is 12.0. The second-order valence-electron chi connectivity index (χ2n) is 12.9. The first-order chi connectivity index (χ1) is 24.8. The van der Waals surface area contributed by atoms with Crippen molar-refractivity contribution in [3.63, 3.8) is 0 Å². The van der Waals surface area contributed by atoms with Crippen LogP contribution in [0.4, 0.5) is 17.1 Å². The van der Waals surface area contributed by atoms with E-state index in [2.05, 4.69) is 179 Å². The van der Waals surface area contributed by atoms with Gasteiger partial charge in [0, 0.05) is 73.6 Å². The van der Waals surface area contributed by atoms with E-state index < -0.39 is 0 Å². The molecule has 0 N–H and O–H groups in total. The maximum Gasteiger partial charge on any atom is 0.0633 e. The lowest BCUT2D eigenvalue weighted by molar-refractivity contribution is 1.18. The van der Waals surface area contributed by atoms with Gasteiger partial charge in [-0.05, 0) is 72.1 Å². The summed E-state index contributed by atoms with van der Waals surface area (Å²) in [6.45, 7) is 0. The molecule has 4 heteroatoms. The fourth-order valence-corrected chi connectivity index (χ4v) is 10.2. The lowest BCUT2D eigenvalue weighted by atomic mass is 10.0. The van der Waals surface area contributed by atoms with Crippen molar-refractivity contribution in [2.45, 2.75) is 0 Å². The molecule has 0 spiro atoms. The van der Waals surface area contributed by atoms with Crippen LogP contribution in [0.3, 0.4) is 0 Å². The van der Waals surface area contributed by atoms with E-state index in [0.29, 0.717) is 0 Å². The summed E-state index contributed by atoms with van der Waals surface area (Å²) in [6, 6.07) is 62.5. The Labute approximate surface area is 296 Å². The first kappa shape index (κ1) is 28.0. The molecule has 0 aliphatic heterocycles. The molecular formula is C46H28N2S2. The number of para-hydroxylation sites is 2. The van der Waals surface area contributed by atoms with Gasteiger partial charge in [0.25, 0.3) is 0 Å². The van der Waals surface area contributed by atoms with Crippen LogP contribution in [0.2, 0.25) is 0 Å². The van der Waals surface area contributed by atoms with Gasteiger partial charge in [-0.1, -0.05) is 103 Å². The minimum Gasteiger partial charge on any atom is -0.309 e. The van der Waals surface area contributed by atoms with Crippen LogP contribution in [-0.2, 0) is 0 Å². The topological polar surface area (TPSA) is 8.17 Å². The van der Waals surface area contributed by atoms with Gasteiger partial charge < -0.3 is 9.47 Å². The lowest BCUT2D eigenvalue weighted by Gasteiger charge is -2.28. The second kappa shape index (κ2) is 10.8. The van der Waals surface area contributed by atoms with E-state index in [0.717, 1.165) is 17.1 Å². The zero-order valence-corrected chi connectivity index (χ0v) is 28.5. The summed E-state index contributed by atoms with van der Waals surface area (Å²) in [4.78, 5) is 2.53. The van der Waals surface area contributed by atoms with Crippen molar-refractivity contribution in [2.75, 3.05) is 4.90 Å². The van der Waals surface area contributed by atoms with E-state index in [-0.39, 0.29) is 0 Å². The Morgan fingerprint density at radius 1 is 0.380 bits per heavy atom. The van der Waals surface area contributed by atoms with Crippen LogP contribution >= 0.6 is 22.7 Å². The van der Waals surface area contributed by atoms with Crippen LogP contribution in [0.15, 0.2) is 170 Å². The standard InChI is InChI=1S/C46H28N2S2/c1-2-13-30(14-3-1)48-39-19-9-6-16-34(39)35-24-22-32(28-40(35)48)47(31-23-25-43-38(27-31)36-17-7-10-20-41(36)49-43)46-33-15-5-4-12-29(33)26-44-45(46)37-18-8-11-21-42(37)50-44/h1-28H.